The maximum absolute atomic E-state index is 10.5. The van der Waals surface area contributed by atoms with Gasteiger partial charge in [0.05, 0.1) is 0 Å². The molecule has 1 aliphatic heterocycles. The molecule has 0 bridgehead atoms. The first-order valence-corrected chi connectivity index (χ1v) is 4.40. The highest BCUT2D eigenvalue weighted by Crippen LogP contribution is 2.18. The maximum atomic E-state index is 10.5. The van der Waals surface area contributed by atoms with Gasteiger partial charge in [-0.1, -0.05) is 0 Å². The number of nitrogens with one attached hydrogen (secondary N) is 1. The van der Waals surface area contributed by atoms with Crippen LogP contribution in [0, 0.1) is 5.92 Å². The van der Waals surface area contributed by atoms with Gasteiger partial charge in [-0.2, -0.15) is 0 Å². The van der Waals surface area contributed by atoms with Crippen molar-refractivity contribution < 1.29 is 9.90 Å². The zero-order valence-corrected chi connectivity index (χ0v) is 7.12. The fourth-order valence-corrected chi connectivity index (χ4v) is 1.62. The Morgan fingerprint density at radius 2 is 2.42 bits per heavy atom. The molecule has 1 heterocycles. The number of rotatable bonds is 4. The van der Waals surface area contributed by atoms with Crippen molar-refractivity contribution in [2.45, 2.75) is 25.3 Å². The lowest BCUT2D eigenvalue weighted by atomic mass is 10.00. The molecule has 0 radical (unpaired) electrons. The van der Waals surface area contributed by atoms with Gasteiger partial charge in [-0.15, -0.1) is 0 Å². The number of nitrogens with two attached hydrogens (primary N) is 1. The molecule has 70 valence electrons. The second-order valence-electron chi connectivity index (χ2n) is 3.33. The van der Waals surface area contributed by atoms with E-state index in [4.69, 9.17) is 10.8 Å². The molecule has 2 atom stereocenters. The fraction of sp³-hybridized carbons (Fsp3) is 0.875. The van der Waals surface area contributed by atoms with Crippen LogP contribution in [0.5, 0.6) is 0 Å². The van der Waals surface area contributed by atoms with Gasteiger partial charge in [0.15, 0.2) is 0 Å². The SMILES string of the molecule is NCCC[C@H]1CN[C@H](C(=O)O)C1. The minimum Gasteiger partial charge on any atom is -0.480 e. The maximum Gasteiger partial charge on any atom is 0.320 e. The van der Waals surface area contributed by atoms with Crippen molar-refractivity contribution in [3.8, 4) is 0 Å². The summed E-state index contributed by atoms with van der Waals surface area (Å²) >= 11 is 0. The van der Waals surface area contributed by atoms with Gasteiger partial charge in [-0.25, -0.2) is 0 Å². The monoisotopic (exact) mass is 172 g/mol. The first-order valence-electron chi connectivity index (χ1n) is 4.40. The Bertz CT molecular complexity index is 161. The molecule has 1 rings (SSSR count). The average Bonchev–Trinajstić information content (AvgIpc) is 2.48. The Labute approximate surface area is 72.1 Å². The molecule has 4 nitrogen and oxygen atoms in total. The molecule has 1 saturated heterocycles. The van der Waals surface area contributed by atoms with Crippen LogP contribution >= 0.6 is 0 Å². The van der Waals surface area contributed by atoms with E-state index in [0.29, 0.717) is 12.5 Å². The van der Waals surface area contributed by atoms with E-state index in [9.17, 15) is 4.79 Å². The van der Waals surface area contributed by atoms with Crippen molar-refractivity contribution in [1.29, 1.82) is 0 Å². The minimum atomic E-state index is -0.731. The van der Waals surface area contributed by atoms with E-state index in [1.165, 1.54) is 0 Å². The van der Waals surface area contributed by atoms with Crippen molar-refractivity contribution in [3.05, 3.63) is 0 Å². The number of carboxylic acids is 1. The van der Waals surface area contributed by atoms with Crippen LogP contribution in [0.4, 0.5) is 0 Å². The highest BCUT2D eigenvalue weighted by atomic mass is 16.4. The first kappa shape index (κ1) is 9.48. The fourth-order valence-electron chi connectivity index (χ4n) is 1.62. The Hall–Kier alpha value is -0.610. The van der Waals surface area contributed by atoms with E-state index >= 15 is 0 Å². The molecule has 12 heavy (non-hydrogen) atoms. The lowest BCUT2D eigenvalue weighted by Gasteiger charge is -2.05. The molecule has 4 N–H and O–H groups in total. The van der Waals surface area contributed by atoms with Crippen molar-refractivity contribution >= 4 is 5.97 Å². The van der Waals surface area contributed by atoms with E-state index in [1.807, 2.05) is 0 Å². The molecule has 0 aromatic carbocycles. The van der Waals surface area contributed by atoms with E-state index in [2.05, 4.69) is 5.32 Å². The third-order valence-electron chi connectivity index (χ3n) is 2.34. The summed E-state index contributed by atoms with van der Waals surface area (Å²) in [6.07, 6.45) is 2.81. The molecular formula is C8H16N2O2. The molecule has 4 heteroatoms. The quantitative estimate of drug-likeness (QED) is 0.548. The van der Waals surface area contributed by atoms with Crippen LogP contribution in [-0.2, 0) is 4.79 Å². The summed E-state index contributed by atoms with van der Waals surface area (Å²) < 4.78 is 0. The molecular weight excluding hydrogens is 156 g/mol. The molecule has 0 aromatic rings. The smallest absolute Gasteiger partial charge is 0.320 e. The van der Waals surface area contributed by atoms with Gasteiger partial charge < -0.3 is 16.2 Å². The summed E-state index contributed by atoms with van der Waals surface area (Å²) in [6, 6.07) is -0.326. The number of carboxylic acid groups (broad SMARTS) is 1. The second kappa shape index (κ2) is 4.42. The van der Waals surface area contributed by atoms with Crippen molar-refractivity contribution in [3.63, 3.8) is 0 Å². The Balaban J connectivity index is 2.21. The highest BCUT2D eigenvalue weighted by Gasteiger charge is 2.28. The summed E-state index contributed by atoms with van der Waals surface area (Å²) in [5, 5.41) is 11.6. The molecule has 1 aliphatic rings. The van der Waals surface area contributed by atoms with Gasteiger partial charge in [-0.05, 0) is 38.3 Å². The van der Waals surface area contributed by atoms with Crippen LogP contribution in [0.1, 0.15) is 19.3 Å². The van der Waals surface area contributed by atoms with Crippen LogP contribution in [0.3, 0.4) is 0 Å². The summed E-state index contributed by atoms with van der Waals surface area (Å²) in [5.41, 5.74) is 5.36. The van der Waals surface area contributed by atoms with Gasteiger partial charge in [0, 0.05) is 0 Å². The van der Waals surface area contributed by atoms with E-state index in [1.54, 1.807) is 0 Å². The number of carbonyl (C=O) groups is 1. The van der Waals surface area contributed by atoms with E-state index in [-0.39, 0.29) is 6.04 Å². The van der Waals surface area contributed by atoms with Crippen LogP contribution in [0.25, 0.3) is 0 Å². The summed E-state index contributed by atoms with van der Waals surface area (Å²) in [4.78, 5) is 10.5. The Kier molecular flexibility index (Phi) is 3.49. The van der Waals surface area contributed by atoms with Gasteiger partial charge >= 0.3 is 5.97 Å². The minimum absolute atomic E-state index is 0.326. The third-order valence-corrected chi connectivity index (χ3v) is 2.34. The summed E-state index contributed by atoms with van der Waals surface area (Å²) in [7, 11) is 0. The molecule has 0 spiro atoms. The molecule has 0 aromatic heterocycles. The predicted molar refractivity (Wildman–Crippen MR) is 45.8 cm³/mol. The number of hydrogen-bond acceptors (Lipinski definition) is 3. The van der Waals surface area contributed by atoms with Crippen LogP contribution in [0.2, 0.25) is 0 Å². The Morgan fingerprint density at radius 1 is 1.67 bits per heavy atom. The molecule has 0 amide bonds. The van der Waals surface area contributed by atoms with Crippen LogP contribution in [0.15, 0.2) is 0 Å². The van der Waals surface area contributed by atoms with Crippen molar-refractivity contribution in [2.75, 3.05) is 13.1 Å². The molecule has 1 fully saturated rings. The number of hydrogen-bond donors (Lipinski definition) is 3. The summed E-state index contributed by atoms with van der Waals surface area (Å²) in [6.45, 7) is 1.53. The average molecular weight is 172 g/mol. The van der Waals surface area contributed by atoms with Crippen LogP contribution < -0.4 is 11.1 Å². The lowest BCUT2D eigenvalue weighted by Crippen LogP contribution is -2.29. The zero-order valence-electron chi connectivity index (χ0n) is 7.12. The molecule has 0 aliphatic carbocycles. The summed E-state index contributed by atoms with van der Waals surface area (Å²) in [5.74, 6) is -0.222. The first-order chi connectivity index (χ1) is 5.74. The predicted octanol–water partition coefficient (Wildman–Crippen LogP) is -0.212. The van der Waals surface area contributed by atoms with Gasteiger partial charge in [0.1, 0.15) is 6.04 Å². The standard InChI is InChI=1S/C8H16N2O2/c9-3-1-2-6-4-7(8(11)12)10-5-6/h6-7,10H,1-5,9H2,(H,11,12)/t6-,7+/m1/s1. The topological polar surface area (TPSA) is 75.3 Å². The largest absolute Gasteiger partial charge is 0.480 e. The van der Waals surface area contributed by atoms with E-state index in [0.717, 1.165) is 25.8 Å². The van der Waals surface area contributed by atoms with Gasteiger partial charge in [0.25, 0.3) is 0 Å². The lowest BCUT2D eigenvalue weighted by molar-refractivity contribution is -0.139. The number of aliphatic carboxylic acids is 1. The van der Waals surface area contributed by atoms with E-state index < -0.39 is 5.97 Å². The molecule has 0 unspecified atom stereocenters. The molecule has 0 saturated carbocycles. The Morgan fingerprint density at radius 3 is 2.92 bits per heavy atom. The highest BCUT2D eigenvalue weighted by molar-refractivity contribution is 5.73. The van der Waals surface area contributed by atoms with Crippen LogP contribution in [-0.4, -0.2) is 30.2 Å². The zero-order chi connectivity index (χ0) is 8.97. The van der Waals surface area contributed by atoms with Crippen molar-refractivity contribution in [1.82, 2.24) is 5.32 Å². The second-order valence-corrected chi connectivity index (χ2v) is 3.33. The van der Waals surface area contributed by atoms with Crippen molar-refractivity contribution in [2.24, 2.45) is 11.7 Å². The van der Waals surface area contributed by atoms with Gasteiger partial charge in [0.2, 0.25) is 0 Å². The third kappa shape index (κ3) is 2.46. The van der Waals surface area contributed by atoms with Gasteiger partial charge in [-0.3, -0.25) is 4.79 Å². The normalized spacial score (nSPS) is 29.1.